The van der Waals surface area contributed by atoms with Gasteiger partial charge in [-0.25, -0.2) is 0 Å². The zero-order chi connectivity index (χ0) is 13.0. The van der Waals surface area contributed by atoms with Gasteiger partial charge in [-0.3, -0.25) is 0 Å². The number of methoxy groups -OCH3 is 1. The van der Waals surface area contributed by atoms with Gasteiger partial charge in [-0.15, -0.1) is 0 Å². The summed E-state index contributed by atoms with van der Waals surface area (Å²) in [6.07, 6.45) is 0.642. The molecule has 0 heterocycles. The highest BCUT2D eigenvalue weighted by molar-refractivity contribution is 5.48. The molecule has 1 unspecified atom stereocenters. The maximum Gasteiger partial charge on any atom is 0.161 e. The van der Waals surface area contributed by atoms with Gasteiger partial charge >= 0.3 is 0 Å². The summed E-state index contributed by atoms with van der Waals surface area (Å²) in [5.41, 5.74) is 7.73. The summed E-state index contributed by atoms with van der Waals surface area (Å²) in [5.74, 6) is 0.715. The Morgan fingerprint density at radius 1 is 1.41 bits per heavy atom. The van der Waals surface area contributed by atoms with Gasteiger partial charge < -0.3 is 20.5 Å². The molecule has 4 heteroatoms. The molecule has 0 fully saturated rings. The molecule has 0 saturated carbocycles. The minimum absolute atomic E-state index is 0.0141. The lowest BCUT2D eigenvalue weighted by molar-refractivity contribution is 0.365. The molecule has 17 heavy (non-hydrogen) atoms. The van der Waals surface area contributed by atoms with Gasteiger partial charge in [-0.2, -0.15) is 0 Å². The minimum atomic E-state index is 0.0141. The van der Waals surface area contributed by atoms with Gasteiger partial charge in [-0.1, -0.05) is 6.07 Å². The maximum atomic E-state index is 10.0. The van der Waals surface area contributed by atoms with Crippen molar-refractivity contribution in [2.24, 2.45) is 5.73 Å². The number of ether oxygens (including phenoxy) is 1. The first-order valence-corrected chi connectivity index (χ1v) is 5.73. The van der Waals surface area contributed by atoms with Crippen LogP contribution in [0.25, 0.3) is 0 Å². The molecular weight excluding hydrogens is 216 g/mol. The second-order valence-corrected chi connectivity index (χ2v) is 4.73. The van der Waals surface area contributed by atoms with E-state index in [2.05, 4.69) is 4.90 Å². The summed E-state index contributed by atoms with van der Waals surface area (Å²) in [4.78, 5) is 2.07. The van der Waals surface area contributed by atoms with E-state index in [0.29, 0.717) is 12.2 Å². The van der Waals surface area contributed by atoms with Gasteiger partial charge in [0.25, 0.3) is 0 Å². The van der Waals surface area contributed by atoms with Gasteiger partial charge in [-0.05, 0) is 44.6 Å². The Hall–Kier alpha value is -1.26. The van der Waals surface area contributed by atoms with E-state index in [1.54, 1.807) is 7.11 Å². The Labute approximate surface area is 103 Å². The van der Waals surface area contributed by atoms with Crippen molar-refractivity contribution in [1.29, 1.82) is 0 Å². The Bertz CT molecular complexity index is 376. The number of rotatable bonds is 5. The van der Waals surface area contributed by atoms with Crippen LogP contribution in [0.4, 0.5) is 0 Å². The topological polar surface area (TPSA) is 58.7 Å². The fraction of sp³-hybridized carbons (Fsp3) is 0.538. The summed E-state index contributed by atoms with van der Waals surface area (Å²) < 4.78 is 5.18. The third kappa shape index (κ3) is 3.91. The first kappa shape index (κ1) is 13.8. The largest absolute Gasteiger partial charge is 0.504 e. The molecule has 0 aliphatic rings. The van der Waals surface area contributed by atoms with Crippen molar-refractivity contribution in [3.05, 3.63) is 23.3 Å². The van der Waals surface area contributed by atoms with Crippen molar-refractivity contribution in [2.45, 2.75) is 25.9 Å². The van der Waals surface area contributed by atoms with Crippen molar-refractivity contribution in [2.75, 3.05) is 21.2 Å². The van der Waals surface area contributed by atoms with Crippen LogP contribution in [0.5, 0.6) is 11.5 Å². The number of nitrogens with zero attached hydrogens (tertiary/aromatic N) is 1. The molecule has 0 amide bonds. The quantitative estimate of drug-likeness (QED) is 0.813. The zero-order valence-electron chi connectivity index (χ0n) is 11.0. The van der Waals surface area contributed by atoms with Crippen LogP contribution in [0.3, 0.4) is 0 Å². The van der Waals surface area contributed by atoms with Crippen molar-refractivity contribution in [3.63, 3.8) is 0 Å². The highest BCUT2D eigenvalue weighted by Crippen LogP contribution is 2.32. The lowest BCUT2D eigenvalue weighted by Crippen LogP contribution is -2.18. The number of benzene rings is 1. The molecule has 96 valence electrons. The highest BCUT2D eigenvalue weighted by atomic mass is 16.5. The molecule has 0 spiro atoms. The first-order valence-electron chi connectivity index (χ1n) is 5.73. The lowest BCUT2D eigenvalue weighted by Gasteiger charge is -2.16. The summed E-state index contributed by atoms with van der Waals surface area (Å²) in [6.45, 7) is 2.73. The third-order valence-electron chi connectivity index (χ3n) is 2.47. The molecule has 0 saturated heterocycles. The first-order chi connectivity index (χ1) is 7.93. The summed E-state index contributed by atoms with van der Waals surface area (Å²) in [7, 11) is 5.57. The number of phenols is 1. The molecule has 4 nitrogen and oxygen atoms in total. The lowest BCUT2D eigenvalue weighted by atomic mass is 10.0. The predicted octanol–water partition coefficient (Wildman–Crippen LogP) is 1.35. The smallest absolute Gasteiger partial charge is 0.161 e. The summed E-state index contributed by atoms with van der Waals surface area (Å²) in [6, 6.07) is 3.86. The Balaban J connectivity index is 3.09. The van der Waals surface area contributed by atoms with E-state index < -0.39 is 0 Å². The number of phenolic OH excluding ortho intramolecular Hbond substituents is 1. The van der Waals surface area contributed by atoms with Gasteiger partial charge in [0, 0.05) is 12.6 Å². The SMILES string of the molecule is COc1cc(CN(C)C)cc(CC(C)N)c1O. The number of hydrogen-bond donors (Lipinski definition) is 2. The van der Waals surface area contributed by atoms with Gasteiger partial charge in [0.15, 0.2) is 11.5 Å². The van der Waals surface area contributed by atoms with E-state index in [1.165, 1.54) is 0 Å². The summed E-state index contributed by atoms with van der Waals surface area (Å²) in [5, 5.41) is 10.0. The second-order valence-electron chi connectivity index (χ2n) is 4.73. The predicted molar refractivity (Wildman–Crippen MR) is 69.4 cm³/mol. The van der Waals surface area contributed by atoms with Crippen LogP contribution < -0.4 is 10.5 Å². The van der Waals surface area contributed by atoms with Gasteiger partial charge in [0.05, 0.1) is 7.11 Å². The van der Waals surface area contributed by atoms with Crippen LogP contribution in [-0.4, -0.2) is 37.3 Å². The van der Waals surface area contributed by atoms with Crippen LogP contribution in [0.2, 0.25) is 0 Å². The number of nitrogens with two attached hydrogens (primary N) is 1. The monoisotopic (exact) mass is 238 g/mol. The van der Waals surface area contributed by atoms with E-state index in [0.717, 1.165) is 17.7 Å². The van der Waals surface area contributed by atoms with E-state index in [4.69, 9.17) is 10.5 Å². The van der Waals surface area contributed by atoms with Crippen LogP contribution in [-0.2, 0) is 13.0 Å². The molecule has 1 aromatic carbocycles. The molecule has 0 aliphatic carbocycles. The van der Waals surface area contributed by atoms with E-state index in [1.807, 2.05) is 33.2 Å². The molecule has 0 bridgehead atoms. The van der Waals surface area contributed by atoms with Crippen molar-refractivity contribution in [1.82, 2.24) is 4.90 Å². The summed E-state index contributed by atoms with van der Waals surface area (Å²) >= 11 is 0. The molecule has 0 aliphatic heterocycles. The van der Waals surface area contributed by atoms with Crippen LogP contribution in [0.15, 0.2) is 12.1 Å². The molecule has 1 aromatic rings. The van der Waals surface area contributed by atoms with E-state index in [9.17, 15) is 5.11 Å². The van der Waals surface area contributed by atoms with Crippen LogP contribution in [0, 0.1) is 0 Å². The molecule has 0 aromatic heterocycles. The number of hydrogen-bond acceptors (Lipinski definition) is 4. The zero-order valence-corrected chi connectivity index (χ0v) is 11.0. The normalized spacial score (nSPS) is 12.8. The fourth-order valence-corrected chi connectivity index (χ4v) is 1.84. The fourth-order valence-electron chi connectivity index (χ4n) is 1.84. The van der Waals surface area contributed by atoms with Gasteiger partial charge in [0.2, 0.25) is 0 Å². The van der Waals surface area contributed by atoms with Crippen molar-refractivity contribution in [3.8, 4) is 11.5 Å². The van der Waals surface area contributed by atoms with Crippen molar-refractivity contribution >= 4 is 0 Å². The minimum Gasteiger partial charge on any atom is -0.504 e. The number of aromatic hydroxyl groups is 1. The third-order valence-corrected chi connectivity index (χ3v) is 2.47. The highest BCUT2D eigenvalue weighted by Gasteiger charge is 2.12. The Morgan fingerprint density at radius 3 is 2.53 bits per heavy atom. The van der Waals surface area contributed by atoms with E-state index >= 15 is 0 Å². The molecule has 1 atom stereocenters. The average molecular weight is 238 g/mol. The van der Waals surface area contributed by atoms with Gasteiger partial charge in [0.1, 0.15) is 0 Å². The van der Waals surface area contributed by atoms with Crippen molar-refractivity contribution < 1.29 is 9.84 Å². The average Bonchev–Trinajstić information content (AvgIpc) is 2.21. The molecular formula is C13H22N2O2. The molecule has 0 radical (unpaired) electrons. The van der Waals surface area contributed by atoms with Crippen LogP contribution in [0.1, 0.15) is 18.1 Å². The van der Waals surface area contributed by atoms with Crippen LogP contribution >= 0.6 is 0 Å². The molecule has 3 N–H and O–H groups in total. The van der Waals surface area contributed by atoms with E-state index in [-0.39, 0.29) is 11.8 Å². The standard InChI is InChI=1S/C13H22N2O2/c1-9(14)5-11-6-10(8-15(2)3)7-12(17-4)13(11)16/h6-7,9,16H,5,8,14H2,1-4H3. The molecule has 1 rings (SSSR count). The Kier molecular flexibility index (Phi) is 4.78. The Morgan fingerprint density at radius 2 is 2.06 bits per heavy atom. The maximum absolute atomic E-state index is 10.0. The second kappa shape index (κ2) is 5.89.